The number of carbonyl (C=O) groups is 1. The van der Waals surface area contributed by atoms with Gasteiger partial charge in [-0.2, -0.15) is 0 Å². The van der Waals surface area contributed by atoms with Crippen LogP contribution in [0.5, 0.6) is 0 Å². The number of rotatable bonds is 9. The number of amides is 1. The molecule has 3 aromatic rings. The first-order chi connectivity index (χ1) is 16.9. The lowest BCUT2D eigenvalue weighted by Gasteiger charge is -2.26. The molecule has 1 amide bonds. The zero-order chi connectivity index (χ0) is 24.8. The molecule has 1 aliphatic heterocycles. The lowest BCUT2D eigenvalue weighted by Crippen LogP contribution is -3.02. The van der Waals surface area contributed by atoms with Gasteiger partial charge in [-0.3, -0.25) is 9.69 Å². The van der Waals surface area contributed by atoms with Crippen LogP contribution in [0.3, 0.4) is 0 Å². The van der Waals surface area contributed by atoms with Crippen LogP contribution in [0.4, 0.5) is 0 Å². The average molecular weight is 527 g/mol. The molecule has 1 aliphatic rings. The molecule has 0 fully saturated rings. The van der Waals surface area contributed by atoms with Crippen molar-refractivity contribution in [3.8, 4) is 0 Å². The van der Waals surface area contributed by atoms with Crippen LogP contribution in [0.1, 0.15) is 39.9 Å². The molecule has 0 aliphatic carbocycles. The highest BCUT2D eigenvalue weighted by molar-refractivity contribution is 6.31. The molecule has 180 valence electrons. The zero-order valence-corrected chi connectivity index (χ0v) is 21.7. The number of nitrogens with one attached hydrogen (secondary N) is 2. The highest BCUT2D eigenvalue weighted by Gasteiger charge is 2.24. The third-order valence-corrected chi connectivity index (χ3v) is 7.10. The lowest BCUT2D eigenvalue weighted by atomic mass is 9.86. The molecule has 0 spiro atoms. The predicted octanol–water partition coefficient (Wildman–Crippen LogP) is 6.26. The Morgan fingerprint density at radius 2 is 1.46 bits per heavy atom. The van der Waals surface area contributed by atoms with Gasteiger partial charge in [-0.25, -0.2) is 0 Å². The van der Waals surface area contributed by atoms with Crippen molar-refractivity contribution in [3.63, 3.8) is 0 Å². The first kappa shape index (κ1) is 25.5. The molecule has 2 N–H and O–H groups in total. The van der Waals surface area contributed by atoms with E-state index in [4.69, 9.17) is 34.8 Å². The van der Waals surface area contributed by atoms with E-state index in [1.165, 1.54) is 4.90 Å². The Balaban J connectivity index is 1.54. The van der Waals surface area contributed by atoms with Crippen LogP contribution in [-0.4, -0.2) is 18.5 Å². The topological polar surface area (TPSA) is 33.5 Å². The predicted molar refractivity (Wildman–Crippen MR) is 146 cm³/mol. The summed E-state index contributed by atoms with van der Waals surface area (Å²) in [5.74, 6) is -0.0723. The number of allylic oxidation sites excluding steroid dienone is 2. The number of carbonyl (C=O) groups excluding carboxylic acids is 1. The Morgan fingerprint density at radius 1 is 0.857 bits per heavy atom. The number of hydrogen-bond donors (Lipinski definition) is 2. The molecule has 0 radical (unpaired) electrons. The lowest BCUT2D eigenvalue weighted by molar-refractivity contribution is -0.787. The monoisotopic (exact) mass is 525 g/mol. The molecule has 3 nitrogen and oxygen atoms in total. The first-order valence-corrected chi connectivity index (χ1v) is 12.8. The van der Waals surface area contributed by atoms with Crippen molar-refractivity contribution < 1.29 is 9.69 Å². The molecular weight excluding hydrogens is 499 g/mol. The molecule has 2 atom stereocenters. The summed E-state index contributed by atoms with van der Waals surface area (Å²) in [5, 5.41) is 5.18. The summed E-state index contributed by atoms with van der Waals surface area (Å²) in [5.41, 5.74) is 3.87. The van der Waals surface area contributed by atoms with Crippen molar-refractivity contribution >= 4 is 40.7 Å². The van der Waals surface area contributed by atoms with Gasteiger partial charge in [0.05, 0.1) is 18.9 Å². The van der Waals surface area contributed by atoms with Crippen molar-refractivity contribution in [3.05, 3.63) is 129 Å². The van der Waals surface area contributed by atoms with Gasteiger partial charge in [0.15, 0.2) is 0 Å². The average Bonchev–Trinajstić information content (AvgIpc) is 3.37. The maximum absolute atomic E-state index is 13.5. The molecule has 4 rings (SSSR count). The Labute approximate surface area is 222 Å². The number of benzene rings is 3. The van der Waals surface area contributed by atoms with Crippen LogP contribution < -0.4 is 10.2 Å². The Hall–Kier alpha value is -2.56. The van der Waals surface area contributed by atoms with Crippen molar-refractivity contribution in [2.45, 2.75) is 31.7 Å². The minimum absolute atomic E-state index is 0.0457. The fourth-order valence-electron chi connectivity index (χ4n) is 4.39. The standard InChI is InChI=1S/C29H27Cl3N2O/c1-20(27(22-6-11-25(31)12-7-22)18-21-4-9-24(30)10-5-21)33-29(35)28-19-26(32)13-8-23(28)14-17-34-15-2-3-16-34/h2-13,15-16,19-20,27H,14,17-18H2,1H3,(H,33,35)/p+1/t20-,27+/m1/s1. The quantitative estimate of drug-likeness (QED) is 0.339. The van der Waals surface area contributed by atoms with E-state index >= 15 is 0 Å². The molecule has 0 bridgehead atoms. The van der Waals surface area contributed by atoms with Gasteiger partial charge in [-0.1, -0.05) is 65.1 Å². The van der Waals surface area contributed by atoms with E-state index in [9.17, 15) is 4.79 Å². The smallest absolute Gasteiger partial charge is 0.251 e. The number of quaternary nitrogens is 1. The summed E-state index contributed by atoms with van der Waals surface area (Å²) in [7, 11) is 0. The van der Waals surface area contributed by atoms with Crippen LogP contribution in [0, 0.1) is 0 Å². The highest BCUT2D eigenvalue weighted by atomic mass is 35.5. The van der Waals surface area contributed by atoms with E-state index in [1.807, 2.05) is 79.7 Å². The second kappa shape index (κ2) is 11.9. The minimum atomic E-state index is -0.138. The second-order valence-electron chi connectivity index (χ2n) is 8.85. The molecule has 1 heterocycles. The molecule has 0 aromatic heterocycles. The summed E-state index contributed by atoms with van der Waals surface area (Å²) < 4.78 is 0. The van der Waals surface area contributed by atoms with Gasteiger partial charge < -0.3 is 5.32 Å². The molecule has 35 heavy (non-hydrogen) atoms. The summed E-state index contributed by atoms with van der Waals surface area (Å²) in [6.07, 6.45) is 9.79. The normalized spacial score (nSPS) is 14.7. The zero-order valence-electron chi connectivity index (χ0n) is 19.5. The van der Waals surface area contributed by atoms with Gasteiger partial charge >= 0.3 is 0 Å². The van der Waals surface area contributed by atoms with Crippen LogP contribution in [-0.2, 0) is 12.8 Å². The number of hydrogen-bond acceptors (Lipinski definition) is 1. The minimum Gasteiger partial charge on any atom is -0.349 e. The summed E-state index contributed by atoms with van der Waals surface area (Å²) in [4.78, 5) is 14.7. The Morgan fingerprint density at radius 3 is 2.11 bits per heavy atom. The molecule has 0 saturated carbocycles. The second-order valence-corrected chi connectivity index (χ2v) is 10.2. The maximum atomic E-state index is 13.5. The van der Waals surface area contributed by atoms with Crippen LogP contribution in [0.2, 0.25) is 15.1 Å². The van der Waals surface area contributed by atoms with E-state index in [-0.39, 0.29) is 17.9 Å². The fraction of sp³-hybridized carbons (Fsp3) is 0.207. The van der Waals surface area contributed by atoms with Crippen molar-refractivity contribution in [2.75, 3.05) is 6.54 Å². The van der Waals surface area contributed by atoms with Gasteiger partial charge in [-0.05, 0) is 78.6 Å². The largest absolute Gasteiger partial charge is 0.349 e. The SMILES string of the molecule is C[C@@H](NC(=O)c1cc(Cl)ccc1CC[NH+]1C=CC=C1)[C@H](Cc1ccc(Cl)cc1)c1ccc(Cl)cc1. The molecule has 0 saturated heterocycles. The van der Waals surface area contributed by atoms with Gasteiger partial charge in [0.2, 0.25) is 0 Å². The van der Waals surface area contributed by atoms with Crippen molar-refractivity contribution in [1.29, 1.82) is 0 Å². The van der Waals surface area contributed by atoms with Gasteiger partial charge in [0.1, 0.15) is 0 Å². The third-order valence-electron chi connectivity index (χ3n) is 6.36. The molecule has 0 unspecified atom stereocenters. The van der Waals surface area contributed by atoms with Gasteiger partial charge in [-0.15, -0.1) is 0 Å². The fourth-order valence-corrected chi connectivity index (χ4v) is 4.81. The summed E-state index contributed by atoms with van der Waals surface area (Å²) in [6, 6.07) is 21.1. The van der Waals surface area contributed by atoms with Crippen molar-refractivity contribution in [1.82, 2.24) is 5.32 Å². The summed E-state index contributed by atoms with van der Waals surface area (Å²) in [6.45, 7) is 2.91. The van der Waals surface area contributed by atoms with E-state index in [0.29, 0.717) is 20.6 Å². The Kier molecular flexibility index (Phi) is 8.69. The van der Waals surface area contributed by atoms with Crippen LogP contribution in [0.25, 0.3) is 0 Å². The molecule has 6 heteroatoms. The van der Waals surface area contributed by atoms with Crippen LogP contribution >= 0.6 is 34.8 Å². The maximum Gasteiger partial charge on any atom is 0.251 e. The van der Waals surface area contributed by atoms with E-state index < -0.39 is 0 Å². The van der Waals surface area contributed by atoms with Gasteiger partial charge in [0, 0.05) is 39.0 Å². The Bertz CT molecular complexity index is 1210. The first-order valence-electron chi connectivity index (χ1n) is 11.7. The van der Waals surface area contributed by atoms with E-state index in [1.54, 1.807) is 6.07 Å². The summed E-state index contributed by atoms with van der Waals surface area (Å²) >= 11 is 18.5. The number of halogens is 3. The molecular formula is C29H28Cl3N2O+. The highest BCUT2D eigenvalue weighted by Crippen LogP contribution is 2.27. The van der Waals surface area contributed by atoms with Gasteiger partial charge in [0.25, 0.3) is 5.91 Å². The third kappa shape index (κ3) is 6.99. The molecule has 3 aromatic carbocycles. The van der Waals surface area contributed by atoms with Crippen LogP contribution in [0.15, 0.2) is 91.3 Å². The van der Waals surface area contributed by atoms with E-state index in [0.717, 1.165) is 36.1 Å². The van der Waals surface area contributed by atoms with E-state index in [2.05, 4.69) is 17.7 Å². The van der Waals surface area contributed by atoms with Crippen molar-refractivity contribution in [2.24, 2.45) is 0 Å².